The molecule has 0 aliphatic heterocycles. The van der Waals surface area contributed by atoms with Crippen molar-refractivity contribution in [3.63, 3.8) is 0 Å². The van der Waals surface area contributed by atoms with Crippen molar-refractivity contribution in [1.29, 1.82) is 0 Å². The number of rotatable bonds is 6. The minimum absolute atomic E-state index is 0.0512. The van der Waals surface area contributed by atoms with Crippen molar-refractivity contribution in [2.45, 2.75) is 11.8 Å². The second-order valence-corrected chi connectivity index (χ2v) is 7.04. The summed E-state index contributed by atoms with van der Waals surface area (Å²) in [7, 11) is 0. The third kappa shape index (κ3) is 4.96. The van der Waals surface area contributed by atoms with Crippen molar-refractivity contribution in [2.75, 3.05) is 6.54 Å². The van der Waals surface area contributed by atoms with E-state index in [1.807, 2.05) is 48.5 Å². The Morgan fingerprint density at radius 1 is 0.808 bits per heavy atom. The number of halogens is 2. The molecule has 0 unspecified atom stereocenters. The summed E-state index contributed by atoms with van der Waals surface area (Å²) >= 11 is 9.36. The first-order valence-electron chi connectivity index (χ1n) is 8.44. The van der Waals surface area contributed by atoms with Gasteiger partial charge in [-0.15, -0.1) is 0 Å². The lowest BCUT2D eigenvalue weighted by molar-refractivity contribution is 0.0954. The van der Waals surface area contributed by atoms with E-state index in [1.165, 1.54) is 11.1 Å². The third-order valence-corrected chi connectivity index (χ3v) is 5.10. The minimum Gasteiger partial charge on any atom is -0.352 e. The van der Waals surface area contributed by atoms with Gasteiger partial charge in [-0.25, -0.2) is 0 Å². The maximum atomic E-state index is 12.3. The normalized spacial score (nSPS) is 10.5. The maximum Gasteiger partial charge on any atom is 0.251 e. The van der Waals surface area contributed by atoms with Crippen LogP contribution in [0.3, 0.4) is 0 Å². The molecule has 0 atom stereocenters. The van der Waals surface area contributed by atoms with Gasteiger partial charge in [-0.05, 0) is 52.9 Å². The van der Waals surface area contributed by atoms with E-state index in [-0.39, 0.29) is 5.91 Å². The molecule has 0 bridgehead atoms. The predicted octanol–water partition coefficient (Wildman–Crippen LogP) is 5.87. The Morgan fingerprint density at radius 3 is 1.92 bits per heavy atom. The predicted molar refractivity (Wildman–Crippen MR) is 112 cm³/mol. The van der Waals surface area contributed by atoms with Gasteiger partial charge in [0.1, 0.15) is 0 Å². The van der Waals surface area contributed by atoms with Gasteiger partial charge in [-0.3, -0.25) is 4.79 Å². The fourth-order valence-corrected chi connectivity index (χ4v) is 3.17. The molecule has 0 aliphatic rings. The standard InChI is InChI=1S/C22H19BrClNO/c23-15-17-3-1-16(2-4-17)13-14-25-22(26)20-7-5-18(6-8-20)19-9-11-21(24)12-10-19/h1-12H,13-15H2,(H,25,26). The lowest BCUT2D eigenvalue weighted by atomic mass is 10.0. The molecule has 0 saturated carbocycles. The first kappa shape index (κ1) is 18.7. The van der Waals surface area contributed by atoms with Gasteiger partial charge in [-0.1, -0.05) is 76.1 Å². The quantitative estimate of drug-likeness (QED) is 0.488. The molecule has 3 aromatic rings. The Hall–Kier alpha value is -2.10. The number of hydrogen-bond acceptors (Lipinski definition) is 1. The molecule has 4 heteroatoms. The van der Waals surface area contributed by atoms with Crippen LogP contribution in [0.4, 0.5) is 0 Å². The van der Waals surface area contributed by atoms with Crippen LogP contribution in [0.5, 0.6) is 0 Å². The zero-order valence-corrected chi connectivity index (χ0v) is 16.6. The summed E-state index contributed by atoms with van der Waals surface area (Å²) in [5.41, 5.74) is 5.27. The molecule has 0 aliphatic carbocycles. The number of benzene rings is 3. The Morgan fingerprint density at radius 2 is 1.35 bits per heavy atom. The van der Waals surface area contributed by atoms with Crippen LogP contribution in [-0.4, -0.2) is 12.5 Å². The summed E-state index contributed by atoms with van der Waals surface area (Å²) in [5.74, 6) is -0.0512. The average Bonchev–Trinajstić information content (AvgIpc) is 2.69. The second kappa shape index (κ2) is 9.02. The Kier molecular flexibility index (Phi) is 6.48. The van der Waals surface area contributed by atoms with E-state index in [0.29, 0.717) is 17.1 Å². The lowest BCUT2D eigenvalue weighted by Crippen LogP contribution is -2.25. The zero-order chi connectivity index (χ0) is 18.4. The molecule has 26 heavy (non-hydrogen) atoms. The zero-order valence-electron chi connectivity index (χ0n) is 14.2. The van der Waals surface area contributed by atoms with Gasteiger partial charge in [0.05, 0.1) is 0 Å². The first-order chi connectivity index (χ1) is 12.7. The monoisotopic (exact) mass is 427 g/mol. The van der Waals surface area contributed by atoms with Gasteiger partial charge in [0, 0.05) is 22.5 Å². The summed E-state index contributed by atoms with van der Waals surface area (Å²) in [6, 6.07) is 23.7. The lowest BCUT2D eigenvalue weighted by Gasteiger charge is -2.07. The van der Waals surface area contributed by atoms with Crippen LogP contribution >= 0.6 is 27.5 Å². The summed E-state index contributed by atoms with van der Waals surface area (Å²) in [6.45, 7) is 0.616. The van der Waals surface area contributed by atoms with Gasteiger partial charge in [-0.2, -0.15) is 0 Å². The van der Waals surface area contributed by atoms with Crippen LogP contribution < -0.4 is 5.32 Å². The van der Waals surface area contributed by atoms with Crippen molar-refractivity contribution >= 4 is 33.4 Å². The molecule has 1 N–H and O–H groups in total. The van der Waals surface area contributed by atoms with E-state index in [9.17, 15) is 4.79 Å². The van der Waals surface area contributed by atoms with Crippen LogP contribution in [0.1, 0.15) is 21.5 Å². The van der Waals surface area contributed by atoms with E-state index in [1.54, 1.807) is 0 Å². The van der Waals surface area contributed by atoms with E-state index >= 15 is 0 Å². The van der Waals surface area contributed by atoms with Gasteiger partial charge < -0.3 is 5.32 Å². The Balaban J connectivity index is 1.55. The largest absolute Gasteiger partial charge is 0.352 e. The molecule has 3 rings (SSSR count). The summed E-state index contributed by atoms with van der Waals surface area (Å²) in [5, 5.41) is 4.55. The van der Waals surface area contributed by atoms with Crippen LogP contribution in [0.2, 0.25) is 5.02 Å². The highest BCUT2D eigenvalue weighted by Gasteiger charge is 2.06. The molecule has 2 nitrogen and oxygen atoms in total. The molecular weight excluding hydrogens is 410 g/mol. The third-order valence-electron chi connectivity index (χ3n) is 4.20. The van der Waals surface area contributed by atoms with E-state index in [2.05, 4.69) is 45.5 Å². The van der Waals surface area contributed by atoms with Crippen molar-refractivity contribution in [2.24, 2.45) is 0 Å². The summed E-state index contributed by atoms with van der Waals surface area (Å²) < 4.78 is 0. The molecule has 1 amide bonds. The summed E-state index contributed by atoms with van der Waals surface area (Å²) in [4.78, 5) is 12.3. The molecule has 0 spiro atoms. The van der Waals surface area contributed by atoms with Crippen molar-refractivity contribution in [1.82, 2.24) is 5.32 Å². The smallest absolute Gasteiger partial charge is 0.251 e. The highest BCUT2D eigenvalue weighted by molar-refractivity contribution is 9.08. The van der Waals surface area contributed by atoms with Crippen LogP contribution in [0, 0.1) is 0 Å². The molecule has 132 valence electrons. The van der Waals surface area contributed by atoms with Crippen LogP contribution in [-0.2, 0) is 11.8 Å². The van der Waals surface area contributed by atoms with Crippen molar-refractivity contribution in [3.05, 3.63) is 94.5 Å². The number of carbonyl (C=O) groups is 1. The molecule has 0 saturated heterocycles. The Bertz CT molecular complexity index is 858. The number of nitrogens with one attached hydrogen (secondary N) is 1. The molecule has 0 radical (unpaired) electrons. The van der Waals surface area contributed by atoms with Crippen LogP contribution in [0.15, 0.2) is 72.8 Å². The topological polar surface area (TPSA) is 29.1 Å². The Labute approximate surface area is 167 Å². The van der Waals surface area contributed by atoms with Crippen molar-refractivity contribution < 1.29 is 4.79 Å². The average molecular weight is 429 g/mol. The minimum atomic E-state index is -0.0512. The molecule has 3 aromatic carbocycles. The highest BCUT2D eigenvalue weighted by atomic mass is 79.9. The molecule has 0 fully saturated rings. The van der Waals surface area contributed by atoms with Crippen molar-refractivity contribution in [3.8, 4) is 11.1 Å². The number of alkyl halides is 1. The fourth-order valence-electron chi connectivity index (χ4n) is 2.67. The first-order valence-corrected chi connectivity index (χ1v) is 9.93. The van der Waals surface area contributed by atoms with Gasteiger partial charge in [0.2, 0.25) is 0 Å². The van der Waals surface area contributed by atoms with E-state index in [0.717, 1.165) is 22.9 Å². The van der Waals surface area contributed by atoms with Gasteiger partial charge in [0.25, 0.3) is 5.91 Å². The maximum absolute atomic E-state index is 12.3. The highest BCUT2D eigenvalue weighted by Crippen LogP contribution is 2.21. The molecule has 0 heterocycles. The number of amides is 1. The van der Waals surface area contributed by atoms with E-state index < -0.39 is 0 Å². The van der Waals surface area contributed by atoms with Gasteiger partial charge >= 0.3 is 0 Å². The SMILES string of the molecule is O=C(NCCc1ccc(CBr)cc1)c1ccc(-c2ccc(Cl)cc2)cc1. The second-order valence-electron chi connectivity index (χ2n) is 6.04. The van der Waals surface area contributed by atoms with Gasteiger partial charge in [0.15, 0.2) is 0 Å². The van der Waals surface area contributed by atoms with Crippen LogP contribution in [0.25, 0.3) is 11.1 Å². The molecular formula is C22H19BrClNO. The fraction of sp³-hybridized carbons (Fsp3) is 0.136. The number of hydrogen-bond donors (Lipinski definition) is 1. The van der Waals surface area contributed by atoms with E-state index in [4.69, 9.17) is 11.6 Å². The summed E-state index contributed by atoms with van der Waals surface area (Å²) in [6.07, 6.45) is 0.817. The molecule has 0 aromatic heterocycles. The number of carbonyl (C=O) groups excluding carboxylic acids is 1.